The Morgan fingerprint density at radius 1 is 0.958 bits per heavy atom. The molecule has 0 amide bonds. The summed E-state index contributed by atoms with van der Waals surface area (Å²) in [5.41, 5.74) is 0.335. The topological polar surface area (TPSA) is 55.5 Å². The van der Waals surface area contributed by atoms with Crippen LogP contribution in [0.3, 0.4) is 0 Å². The molecule has 126 valence electrons. The summed E-state index contributed by atoms with van der Waals surface area (Å²) < 4.78 is 8.06. The summed E-state index contributed by atoms with van der Waals surface area (Å²) in [6.07, 6.45) is 0. The Kier molecular flexibility index (Phi) is 3.12. The van der Waals surface area contributed by atoms with E-state index in [2.05, 4.69) is 54.9 Å². The highest BCUT2D eigenvalue weighted by atomic mass is 16.5. The van der Waals surface area contributed by atoms with E-state index in [1.165, 1.54) is 0 Å². The van der Waals surface area contributed by atoms with Crippen LogP contribution in [0.4, 0.5) is 5.82 Å². The Hall–Kier alpha value is -2.21. The van der Waals surface area contributed by atoms with Crippen LogP contribution in [0.25, 0.3) is 16.4 Å². The van der Waals surface area contributed by atoms with Crippen LogP contribution in [-0.4, -0.2) is 44.1 Å². The van der Waals surface area contributed by atoms with Gasteiger partial charge in [-0.15, -0.1) is 15.3 Å². The maximum atomic E-state index is 6.22. The van der Waals surface area contributed by atoms with Crippen molar-refractivity contribution in [3.8, 4) is 0 Å². The first-order valence-corrected chi connectivity index (χ1v) is 8.32. The van der Waals surface area contributed by atoms with Gasteiger partial charge in [-0.3, -0.25) is 0 Å². The minimum atomic E-state index is -0.234. The fourth-order valence-corrected chi connectivity index (χ4v) is 3.84. The standard InChI is InChI=1S/C18H23N5O/c1-12-19-20-15-13-8-6-7-9-14(13)16(21-23(12)15)22-10-17(2,3)24-18(4,5)11-22/h6-9H,10-11H2,1-5H3. The highest BCUT2D eigenvalue weighted by Crippen LogP contribution is 2.34. The fourth-order valence-electron chi connectivity index (χ4n) is 3.84. The lowest BCUT2D eigenvalue weighted by atomic mass is 9.98. The van der Waals surface area contributed by atoms with Gasteiger partial charge < -0.3 is 9.64 Å². The summed E-state index contributed by atoms with van der Waals surface area (Å²) in [6.45, 7) is 12.0. The number of benzene rings is 1. The van der Waals surface area contributed by atoms with Crippen LogP contribution in [-0.2, 0) is 4.74 Å². The molecule has 0 unspecified atom stereocenters. The van der Waals surface area contributed by atoms with Crippen molar-refractivity contribution >= 4 is 22.2 Å². The number of aromatic nitrogens is 4. The third kappa shape index (κ3) is 2.41. The Bertz CT molecular complexity index is 912. The first-order chi connectivity index (χ1) is 11.3. The third-order valence-electron chi connectivity index (χ3n) is 4.40. The lowest BCUT2D eigenvalue weighted by Crippen LogP contribution is -2.57. The number of anilines is 1. The number of aryl methyl sites for hydroxylation is 1. The Balaban J connectivity index is 1.96. The highest BCUT2D eigenvalue weighted by molar-refractivity contribution is 6.00. The number of ether oxygens (including phenoxy) is 1. The predicted octanol–water partition coefficient (Wildman–Crippen LogP) is 2.98. The van der Waals surface area contributed by atoms with Gasteiger partial charge in [0, 0.05) is 23.9 Å². The summed E-state index contributed by atoms with van der Waals surface area (Å²) in [6, 6.07) is 8.27. The largest absolute Gasteiger partial charge is 0.366 e. The van der Waals surface area contributed by atoms with Crippen molar-refractivity contribution < 1.29 is 4.74 Å². The number of nitrogens with zero attached hydrogens (tertiary/aromatic N) is 5. The molecule has 0 radical (unpaired) electrons. The molecule has 1 saturated heterocycles. The molecule has 0 N–H and O–H groups in total. The van der Waals surface area contributed by atoms with Crippen molar-refractivity contribution in [3.05, 3.63) is 30.1 Å². The maximum Gasteiger partial charge on any atom is 0.185 e. The van der Waals surface area contributed by atoms with Crippen LogP contribution in [0, 0.1) is 6.92 Å². The lowest BCUT2D eigenvalue weighted by molar-refractivity contribution is -0.133. The second kappa shape index (κ2) is 4.89. The summed E-state index contributed by atoms with van der Waals surface area (Å²) in [7, 11) is 0. The van der Waals surface area contributed by atoms with Crippen LogP contribution < -0.4 is 4.90 Å². The van der Waals surface area contributed by atoms with E-state index in [1.54, 1.807) is 0 Å². The van der Waals surface area contributed by atoms with Crippen LogP contribution in [0.2, 0.25) is 0 Å². The van der Waals surface area contributed by atoms with Crippen molar-refractivity contribution in [1.82, 2.24) is 19.8 Å². The maximum absolute atomic E-state index is 6.22. The van der Waals surface area contributed by atoms with Gasteiger partial charge in [-0.2, -0.15) is 4.52 Å². The molecule has 6 nitrogen and oxygen atoms in total. The van der Waals surface area contributed by atoms with E-state index >= 15 is 0 Å². The zero-order valence-corrected chi connectivity index (χ0v) is 14.9. The van der Waals surface area contributed by atoms with E-state index in [0.717, 1.165) is 41.2 Å². The average molecular weight is 325 g/mol. The molecule has 1 aliphatic heterocycles. The smallest absolute Gasteiger partial charge is 0.185 e. The Morgan fingerprint density at radius 2 is 1.58 bits per heavy atom. The van der Waals surface area contributed by atoms with Crippen LogP contribution in [0.15, 0.2) is 24.3 Å². The molecule has 0 aliphatic carbocycles. The Labute approximate surface area is 141 Å². The molecule has 3 heterocycles. The second-order valence-electron chi connectivity index (χ2n) is 7.83. The minimum absolute atomic E-state index is 0.234. The molecule has 1 fully saturated rings. The van der Waals surface area contributed by atoms with E-state index in [4.69, 9.17) is 9.84 Å². The zero-order valence-electron chi connectivity index (χ0n) is 14.9. The predicted molar refractivity (Wildman–Crippen MR) is 94.5 cm³/mol. The van der Waals surface area contributed by atoms with Gasteiger partial charge in [-0.1, -0.05) is 24.3 Å². The molecule has 24 heavy (non-hydrogen) atoms. The van der Waals surface area contributed by atoms with E-state index in [-0.39, 0.29) is 11.2 Å². The van der Waals surface area contributed by atoms with Crippen LogP contribution in [0.1, 0.15) is 33.5 Å². The van der Waals surface area contributed by atoms with E-state index in [9.17, 15) is 0 Å². The molecule has 2 aromatic heterocycles. The van der Waals surface area contributed by atoms with Gasteiger partial charge in [0.1, 0.15) is 0 Å². The molecule has 3 aromatic rings. The molecule has 0 saturated carbocycles. The van der Waals surface area contributed by atoms with Gasteiger partial charge in [0.2, 0.25) is 0 Å². The second-order valence-corrected chi connectivity index (χ2v) is 7.83. The number of rotatable bonds is 1. The summed E-state index contributed by atoms with van der Waals surface area (Å²) >= 11 is 0. The molecule has 0 spiro atoms. The minimum Gasteiger partial charge on any atom is -0.366 e. The van der Waals surface area contributed by atoms with Crippen molar-refractivity contribution in [2.24, 2.45) is 0 Å². The summed E-state index contributed by atoms with van der Waals surface area (Å²) in [5, 5.41) is 15.6. The van der Waals surface area contributed by atoms with Gasteiger partial charge in [-0.05, 0) is 34.6 Å². The molecule has 1 aliphatic rings. The lowest BCUT2D eigenvalue weighted by Gasteiger charge is -2.47. The molecule has 0 atom stereocenters. The first kappa shape index (κ1) is 15.3. The molecule has 1 aromatic carbocycles. The fraction of sp³-hybridized carbons (Fsp3) is 0.500. The summed E-state index contributed by atoms with van der Waals surface area (Å²) in [4.78, 5) is 2.32. The first-order valence-electron chi connectivity index (χ1n) is 8.32. The third-order valence-corrected chi connectivity index (χ3v) is 4.40. The highest BCUT2D eigenvalue weighted by Gasteiger charge is 2.39. The van der Waals surface area contributed by atoms with Crippen LogP contribution in [0.5, 0.6) is 0 Å². The summed E-state index contributed by atoms with van der Waals surface area (Å²) in [5.74, 6) is 1.76. The van der Waals surface area contributed by atoms with E-state index < -0.39 is 0 Å². The van der Waals surface area contributed by atoms with Crippen molar-refractivity contribution in [1.29, 1.82) is 0 Å². The molecular formula is C18H23N5O. The molecule has 6 heteroatoms. The number of hydrogen-bond acceptors (Lipinski definition) is 5. The van der Waals surface area contributed by atoms with Crippen molar-refractivity contribution in [2.75, 3.05) is 18.0 Å². The van der Waals surface area contributed by atoms with Crippen LogP contribution >= 0.6 is 0 Å². The average Bonchev–Trinajstić information content (AvgIpc) is 2.85. The quantitative estimate of drug-likeness (QED) is 0.688. The zero-order chi connectivity index (χ0) is 17.1. The number of morpholine rings is 1. The molecule has 0 bridgehead atoms. The number of hydrogen-bond donors (Lipinski definition) is 0. The monoisotopic (exact) mass is 325 g/mol. The molecule has 4 rings (SSSR count). The van der Waals surface area contributed by atoms with Gasteiger partial charge in [0.05, 0.1) is 11.2 Å². The van der Waals surface area contributed by atoms with Gasteiger partial charge in [-0.25, -0.2) is 0 Å². The van der Waals surface area contributed by atoms with Gasteiger partial charge >= 0.3 is 0 Å². The SMILES string of the molecule is Cc1nnc2c3ccccc3c(N3CC(C)(C)OC(C)(C)C3)nn12. The van der Waals surface area contributed by atoms with E-state index in [0.29, 0.717) is 0 Å². The van der Waals surface area contributed by atoms with Crippen molar-refractivity contribution in [3.63, 3.8) is 0 Å². The van der Waals surface area contributed by atoms with Crippen molar-refractivity contribution in [2.45, 2.75) is 45.8 Å². The number of fused-ring (bicyclic) bond motifs is 3. The molecular weight excluding hydrogens is 302 g/mol. The van der Waals surface area contributed by atoms with Gasteiger partial charge in [0.15, 0.2) is 17.3 Å². The van der Waals surface area contributed by atoms with Gasteiger partial charge in [0.25, 0.3) is 0 Å². The normalized spacial score (nSPS) is 20.0. The Morgan fingerprint density at radius 3 is 2.25 bits per heavy atom. The van der Waals surface area contributed by atoms with E-state index in [1.807, 2.05) is 23.6 Å².